The zero-order valence-electron chi connectivity index (χ0n) is 15.3. The summed E-state index contributed by atoms with van der Waals surface area (Å²) in [6.07, 6.45) is 9.89. The fourth-order valence-corrected chi connectivity index (χ4v) is 2.26. The summed E-state index contributed by atoms with van der Waals surface area (Å²) in [4.78, 5) is 37.7. The summed E-state index contributed by atoms with van der Waals surface area (Å²) in [5.41, 5.74) is 0.305. The number of imidazole rings is 2. The largest absolute Gasteiger partial charge is 0.477 e. The van der Waals surface area contributed by atoms with E-state index >= 15 is 0 Å². The van der Waals surface area contributed by atoms with Crippen LogP contribution in [0.25, 0.3) is 11.6 Å². The molecule has 4 heterocycles. The summed E-state index contributed by atoms with van der Waals surface area (Å²) < 4.78 is 7.94. The van der Waals surface area contributed by atoms with Crippen molar-refractivity contribution in [3.05, 3.63) is 85.2 Å². The van der Waals surface area contributed by atoms with Crippen molar-refractivity contribution >= 4 is 11.9 Å². The fourth-order valence-electron chi connectivity index (χ4n) is 2.26. The van der Waals surface area contributed by atoms with Crippen molar-refractivity contribution in [3.8, 4) is 11.6 Å². The smallest absolute Gasteiger partial charge is 0.356 e. The lowest BCUT2D eigenvalue weighted by atomic mass is 10.3. The van der Waals surface area contributed by atoms with Crippen molar-refractivity contribution in [1.82, 2.24) is 29.1 Å². The standard InChI is InChI=1S/C10H9N3O2.C9H7N3O2/c1-15-10(14)8-3-2-4-9(12-8)13-6-5-11-7-13;13-9(14)7-2-1-3-8(11-7)12-5-4-10-6-12/h2-7H,1H3;1-6H,(H,13,14). The van der Waals surface area contributed by atoms with Crippen LogP contribution in [0.5, 0.6) is 0 Å². The van der Waals surface area contributed by atoms with Gasteiger partial charge in [-0.1, -0.05) is 12.1 Å². The first kappa shape index (κ1) is 19.4. The second kappa shape index (κ2) is 9.04. The van der Waals surface area contributed by atoms with Gasteiger partial charge < -0.3 is 9.84 Å². The number of carbonyl (C=O) groups is 2. The van der Waals surface area contributed by atoms with Gasteiger partial charge in [-0.2, -0.15) is 0 Å². The minimum absolute atomic E-state index is 0.0243. The number of rotatable bonds is 4. The van der Waals surface area contributed by atoms with Gasteiger partial charge in [0, 0.05) is 24.8 Å². The number of carboxylic acids is 1. The number of ether oxygens (including phenoxy) is 1. The molecule has 4 aromatic rings. The maximum absolute atomic E-state index is 11.2. The van der Waals surface area contributed by atoms with E-state index in [2.05, 4.69) is 24.7 Å². The number of carbonyl (C=O) groups excluding carboxylic acids is 1. The number of hydrogen-bond acceptors (Lipinski definition) is 7. The summed E-state index contributed by atoms with van der Waals surface area (Å²) in [7, 11) is 1.33. The molecule has 0 amide bonds. The molecular weight excluding hydrogens is 376 g/mol. The molecule has 0 spiro atoms. The summed E-state index contributed by atoms with van der Waals surface area (Å²) in [6, 6.07) is 9.94. The molecule has 4 aromatic heterocycles. The molecule has 0 aliphatic heterocycles. The number of pyridine rings is 2. The zero-order chi connectivity index (χ0) is 20.6. The summed E-state index contributed by atoms with van der Waals surface area (Å²) in [5, 5.41) is 8.72. The molecule has 0 bridgehead atoms. The van der Waals surface area contributed by atoms with Crippen LogP contribution < -0.4 is 0 Å². The maximum Gasteiger partial charge on any atom is 0.356 e. The Bertz CT molecular complexity index is 1090. The third-order valence-electron chi connectivity index (χ3n) is 3.62. The van der Waals surface area contributed by atoms with Crippen LogP contribution in [0.4, 0.5) is 0 Å². The van der Waals surface area contributed by atoms with Crippen molar-refractivity contribution in [2.24, 2.45) is 0 Å². The Balaban J connectivity index is 0.000000166. The van der Waals surface area contributed by atoms with Gasteiger partial charge in [0.2, 0.25) is 0 Å². The highest BCUT2D eigenvalue weighted by molar-refractivity contribution is 5.87. The van der Waals surface area contributed by atoms with Gasteiger partial charge >= 0.3 is 11.9 Å². The van der Waals surface area contributed by atoms with E-state index in [-0.39, 0.29) is 11.4 Å². The highest BCUT2D eigenvalue weighted by Crippen LogP contribution is 2.06. The second-order valence-corrected chi connectivity index (χ2v) is 5.50. The van der Waals surface area contributed by atoms with E-state index in [0.29, 0.717) is 11.6 Å². The van der Waals surface area contributed by atoms with Gasteiger partial charge in [-0.15, -0.1) is 0 Å². The van der Waals surface area contributed by atoms with Crippen molar-refractivity contribution in [2.45, 2.75) is 0 Å². The average Bonchev–Trinajstić information content (AvgIpc) is 3.48. The lowest BCUT2D eigenvalue weighted by Gasteiger charge is -2.02. The van der Waals surface area contributed by atoms with E-state index in [1.807, 2.05) is 0 Å². The Hall–Kier alpha value is -4.34. The van der Waals surface area contributed by atoms with Crippen molar-refractivity contribution in [3.63, 3.8) is 0 Å². The van der Waals surface area contributed by atoms with E-state index in [9.17, 15) is 9.59 Å². The molecule has 29 heavy (non-hydrogen) atoms. The van der Waals surface area contributed by atoms with E-state index in [1.165, 1.54) is 13.2 Å². The van der Waals surface area contributed by atoms with E-state index < -0.39 is 11.9 Å². The maximum atomic E-state index is 11.2. The number of carboxylic acid groups (broad SMARTS) is 1. The topological polar surface area (TPSA) is 125 Å². The predicted octanol–water partition coefficient (Wildman–Crippen LogP) is 2.02. The first-order valence-electron chi connectivity index (χ1n) is 8.31. The lowest BCUT2D eigenvalue weighted by Crippen LogP contribution is -2.06. The van der Waals surface area contributed by atoms with Crippen LogP contribution in [0, 0.1) is 0 Å². The average molecular weight is 392 g/mol. The van der Waals surface area contributed by atoms with E-state index in [0.717, 1.165) is 0 Å². The van der Waals surface area contributed by atoms with Gasteiger partial charge in [0.1, 0.15) is 24.3 Å². The Kier molecular flexibility index (Phi) is 6.05. The van der Waals surface area contributed by atoms with Gasteiger partial charge in [0.25, 0.3) is 0 Å². The molecule has 10 heteroatoms. The number of nitrogens with zero attached hydrogens (tertiary/aromatic N) is 6. The van der Waals surface area contributed by atoms with E-state index in [1.54, 1.807) is 76.9 Å². The molecule has 4 rings (SSSR count). The third kappa shape index (κ3) is 4.89. The molecule has 0 aliphatic carbocycles. The van der Waals surface area contributed by atoms with Gasteiger partial charge in [0.05, 0.1) is 7.11 Å². The number of hydrogen-bond donors (Lipinski definition) is 1. The fraction of sp³-hybridized carbons (Fsp3) is 0.0526. The number of methoxy groups -OCH3 is 1. The molecule has 146 valence electrons. The number of aromatic carboxylic acids is 1. The third-order valence-corrected chi connectivity index (χ3v) is 3.62. The van der Waals surface area contributed by atoms with Crippen LogP contribution >= 0.6 is 0 Å². The van der Waals surface area contributed by atoms with Crippen LogP contribution in [0.2, 0.25) is 0 Å². The monoisotopic (exact) mass is 392 g/mol. The first-order chi connectivity index (χ1) is 14.1. The van der Waals surface area contributed by atoms with E-state index in [4.69, 9.17) is 5.11 Å². The van der Waals surface area contributed by atoms with Crippen LogP contribution in [0.1, 0.15) is 21.0 Å². The molecule has 0 fully saturated rings. The minimum Gasteiger partial charge on any atom is -0.477 e. The predicted molar refractivity (Wildman–Crippen MR) is 101 cm³/mol. The normalized spacial score (nSPS) is 9.97. The summed E-state index contributed by atoms with van der Waals surface area (Å²) >= 11 is 0. The quantitative estimate of drug-likeness (QED) is 0.523. The molecule has 0 saturated carbocycles. The Morgan fingerprint density at radius 2 is 1.38 bits per heavy atom. The van der Waals surface area contributed by atoms with Crippen LogP contribution in [0.15, 0.2) is 73.8 Å². The molecule has 0 aromatic carbocycles. The van der Waals surface area contributed by atoms with Crippen molar-refractivity contribution < 1.29 is 19.4 Å². The van der Waals surface area contributed by atoms with Gasteiger partial charge in [0.15, 0.2) is 11.4 Å². The molecule has 0 atom stereocenters. The minimum atomic E-state index is -1.04. The molecule has 0 unspecified atom stereocenters. The second-order valence-electron chi connectivity index (χ2n) is 5.50. The molecule has 0 aliphatic rings. The van der Waals surface area contributed by atoms with Crippen LogP contribution in [-0.2, 0) is 4.74 Å². The summed E-state index contributed by atoms with van der Waals surface area (Å²) in [5.74, 6) is -0.304. The Morgan fingerprint density at radius 3 is 1.83 bits per heavy atom. The summed E-state index contributed by atoms with van der Waals surface area (Å²) in [6.45, 7) is 0. The zero-order valence-corrected chi connectivity index (χ0v) is 15.3. The SMILES string of the molecule is COC(=O)c1cccc(-n2ccnc2)n1.O=C(O)c1cccc(-n2ccnc2)n1. The van der Waals surface area contributed by atoms with Crippen LogP contribution in [-0.4, -0.2) is 53.2 Å². The van der Waals surface area contributed by atoms with Gasteiger partial charge in [-0.25, -0.2) is 29.5 Å². The Morgan fingerprint density at radius 1 is 0.862 bits per heavy atom. The molecule has 1 N–H and O–H groups in total. The lowest BCUT2D eigenvalue weighted by molar-refractivity contribution is 0.0593. The molecule has 0 radical (unpaired) electrons. The van der Waals surface area contributed by atoms with Crippen molar-refractivity contribution in [1.29, 1.82) is 0 Å². The van der Waals surface area contributed by atoms with Crippen molar-refractivity contribution in [2.75, 3.05) is 7.11 Å². The molecule has 10 nitrogen and oxygen atoms in total. The highest BCUT2D eigenvalue weighted by atomic mass is 16.5. The molecular formula is C19H16N6O4. The molecule has 0 saturated heterocycles. The van der Waals surface area contributed by atoms with Gasteiger partial charge in [-0.05, 0) is 24.3 Å². The highest BCUT2D eigenvalue weighted by Gasteiger charge is 2.08. The number of esters is 1. The Labute approximate surface area is 165 Å². The number of aromatic nitrogens is 6. The van der Waals surface area contributed by atoms with Gasteiger partial charge in [-0.3, -0.25) is 9.13 Å². The first-order valence-corrected chi connectivity index (χ1v) is 8.31. The van der Waals surface area contributed by atoms with Crippen LogP contribution in [0.3, 0.4) is 0 Å².